The Balaban J connectivity index is 2.39. The fourth-order valence-electron chi connectivity index (χ4n) is 2.33. The van der Waals surface area contributed by atoms with Crippen molar-refractivity contribution in [1.82, 2.24) is 0 Å². The molecule has 0 atom stereocenters. The normalized spacial score (nSPS) is 9.84. The zero-order valence-electron chi connectivity index (χ0n) is 14.2. The smallest absolute Gasteiger partial charge is 0.421 e. The fraction of sp³-hybridized carbons (Fsp3) is 0.211. The third kappa shape index (κ3) is 4.62. The molecule has 1 amide bonds. The predicted molar refractivity (Wildman–Crippen MR) is 94.6 cm³/mol. The van der Waals surface area contributed by atoms with E-state index in [4.69, 9.17) is 10.3 Å². The zero-order valence-corrected chi connectivity index (χ0v) is 14.2. The van der Waals surface area contributed by atoms with Crippen LogP contribution in [0.3, 0.4) is 0 Å². The maximum atomic E-state index is 12.7. The monoisotopic (exact) mass is 337 g/mol. The fourth-order valence-corrected chi connectivity index (χ4v) is 2.33. The van der Waals surface area contributed by atoms with Crippen LogP contribution < -0.4 is 9.64 Å². The number of carbonyl (C=O) groups excluding carboxylic acids is 2. The summed E-state index contributed by atoms with van der Waals surface area (Å²) in [6.07, 6.45) is 0. The van der Waals surface area contributed by atoms with Crippen LogP contribution in [0, 0.1) is 0 Å². The summed E-state index contributed by atoms with van der Waals surface area (Å²) in [6.45, 7) is 3.85. The first-order valence-electron chi connectivity index (χ1n) is 7.88. The largest absolute Gasteiger partial charge is 0.494 e. The molecule has 2 aromatic rings. The van der Waals surface area contributed by atoms with Crippen LogP contribution in [0.25, 0.3) is 5.53 Å². The molecule has 0 aliphatic carbocycles. The van der Waals surface area contributed by atoms with Gasteiger partial charge in [-0.2, -0.15) is 4.79 Å². The highest BCUT2D eigenvalue weighted by Crippen LogP contribution is 2.22. The number of carbonyl (C=O) groups is 2. The van der Waals surface area contributed by atoms with Gasteiger partial charge in [0.25, 0.3) is 0 Å². The lowest BCUT2D eigenvalue weighted by Crippen LogP contribution is -2.39. The lowest BCUT2D eigenvalue weighted by molar-refractivity contribution is -0.123. The van der Waals surface area contributed by atoms with Gasteiger partial charge in [-0.1, -0.05) is 30.3 Å². The van der Waals surface area contributed by atoms with E-state index < -0.39 is 17.4 Å². The average Bonchev–Trinajstić information content (AvgIpc) is 2.62. The third-order valence-corrected chi connectivity index (χ3v) is 3.52. The zero-order chi connectivity index (χ0) is 18.2. The highest BCUT2D eigenvalue weighted by molar-refractivity contribution is 6.65. The quantitative estimate of drug-likeness (QED) is 0.337. The van der Waals surface area contributed by atoms with Gasteiger partial charge in [-0.25, -0.2) is 0 Å². The van der Waals surface area contributed by atoms with Gasteiger partial charge in [-0.3, -0.25) is 14.5 Å². The minimum Gasteiger partial charge on any atom is -0.494 e. The van der Waals surface area contributed by atoms with E-state index in [1.807, 2.05) is 37.3 Å². The van der Waals surface area contributed by atoms with Crippen LogP contribution in [0.15, 0.2) is 54.6 Å². The van der Waals surface area contributed by atoms with Crippen molar-refractivity contribution in [3.63, 3.8) is 0 Å². The Kier molecular flexibility index (Phi) is 6.20. The Morgan fingerprint density at radius 2 is 1.72 bits per heavy atom. The van der Waals surface area contributed by atoms with Crippen LogP contribution >= 0.6 is 0 Å². The molecule has 0 spiro atoms. The summed E-state index contributed by atoms with van der Waals surface area (Å²) in [5.74, 6) is -0.583. The number of rotatable bonds is 7. The first-order valence-corrected chi connectivity index (χ1v) is 7.88. The van der Waals surface area contributed by atoms with Gasteiger partial charge in [0.2, 0.25) is 5.78 Å². The maximum absolute atomic E-state index is 12.7. The van der Waals surface area contributed by atoms with Crippen molar-refractivity contribution < 1.29 is 19.1 Å². The van der Waals surface area contributed by atoms with Gasteiger partial charge >= 0.3 is 11.6 Å². The van der Waals surface area contributed by atoms with Crippen molar-refractivity contribution in [2.24, 2.45) is 0 Å². The molecule has 0 saturated heterocycles. The van der Waals surface area contributed by atoms with Gasteiger partial charge in [-0.15, -0.1) is 0 Å². The number of Topliss-reactive ketones (excluding diaryl/α,β-unsaturated/α-hetero) is 1. The second-order valence-corrected chi connectivity index (χ2v) is 5.31. The predicted octanol–water partition coefficient (Wildman–Crippen LogP) is 2.88. The molecule has 0 unspecified atom stereocenters. The maximum Gasteiger partial charge on any atom is 0.421 e. The lowest BCUT2D eigenvalue weighted by atomic mass is 10.1. The molecule has 25 heavy (non-hydrogen) atoms. The molecule has 0 fully saturated rings. The van der Waals surface area contributed by atoms with Crippen LogP contribution in [0.2, 0.25) is 0 Å². The van der Waals surface area contributed by atoms with E-state index in [-0.39, 0.29) is 6.54 Å². The Labute approximate surface area is 146 Å². The second-order valence-electron chi connectivity index (χ2n) is 5.31. The molecule has 0 radical (unpaired) electrons. The number of amides is 1. The average molecular weight is 337 g/mol. The van der Waals surface area contributed by atoms with Gasteiger partial charge in [0.1, 0.15) is 5.75 Å². The first-order chi connectivity index (χ1) is 12.1. The molecule has 6 heteroatoms. The number of ether oxygens (including phenoxy) is 1. The van der Waals surface area contributed by atoms with Gasteiger partial charge < -0.3 is 10.3 Å². The molecule has 128 valence electrons. The number of anilines is 1. The number of nitrogens with zero attached hydrogens (tertiary/aromatic N) is 3. The standard InChI is InChI=1S/C19H19N3O3/c1-3-25-17-11-9-16(10-12-17)22(13-15-7-5-4-6-8-15)19(24)18(21-20)14(2)23/h4-12H,3,13H2,1-2H3. The van der Waals surface area contributed by atoms with Crippen molar-refractivity contribution in [1.29, 1.82) is 0 Å². The van der Waals surface area contributed by atoms with Crippen LogP contribution in [-0.2, 0) is 16.1 Å². The minimum atomic E-state index is -0.664. The van der Waals surface area contributed by atoms with Crippen LogP contribution in [0.4, 0.5) is 5.69 Å². The summed E-state index contributed by atoms with van der Waals surface area (Å²) in [5.41, 5.74) is 9.98. The molecule has 0 saturated carbocycles. The highest BCUT2D eigenvalue weighted by atomic mass is 16.5. The van der Waals surface area contributed by atoms with Crippen molar-refractivity contribution in [3.8, 4) is 5.75 Å². The Hall–Kier alpha value is -3.24. The summed E-state index contributed by atoms with van der Waals surface area (Å²) >= 11 is 0. The number of benzene rings is 2. The van der Waals surface area contributed by atoms with Gasteiger partial charge in [0, 0.05) is 12.6 Å². The van der Waals surface area contributed by atoms with Gasteiger partial charge in [0.15, 0.2) is 0 Å². The van der Waals surface area contributed by atoms with E-state index in [1.54, 1.807) is 24.3 Å². The van der Waals surface area contributed by atoms with Crippen molar-refractivity contribution >= 4 is 23.1 Å². The Morgan fingerprint density at radius 1 is 1.08 bits per heavy atom. The summed E-state index contributed by atoms with van der Waals surface area (Å²) in [4.78, 5) is 28.6. The molecule has 0 bridgehead atoms. The first kappa shape index (κ1) is 18.1. The number of hydrogen-bond donors (Lipinski definition) is 0. The van der Waals surface area contributed by atoms with Crippen molar-refractivity contribution in [2.45, 2.75) is 20.4 Å². The minimum absolute atomic E-state index is 0.236. The molecule has 0 aromatic heterocycles. The molecule has 0 aliphatic rings. The van der Waals surface area contributed by atoms with E-state index in [2.05, 4.69) is 4.79 Å². The lowest BCUT2D eigenvalue weighted by Gasteiger charge is -2.21. The summed E-state index contributed by atoms with van der Waals surface area (Å²) in [5, 5.41) is 0. The highest BCUT2D eigenvalue weighted by Gasteiger charge is 2.32. The summed E-state index contributed by atoms with van der Waals surface area (Å²) < 4.78 is 5.40. The Morgan fingerprint density at radius 3 is 2.24 bits per heavy atom. The van der Waals surface area contributed by atoms with Gasteiger partial charge in [0.05, 0.1) is 13.2 Å². The van der Waals surface area contributed by atoms with Crippen LogP contribution in [-0.4, -0.2) is 28.8 Å². The van der Waals surface area contributed by atoms with Crippen molar-refractivity contribution in [2.75, 3.05) is 11.5 Å². The second kappa shape index (κ2) is 8.57. The van der Waals surface area contributed by atoms with Crippen LogP contribution in [0.5, 0.6) is 5.75 Å². The van der Waals surface area contributed by atoms with E-state index in [9.17, 15) is 9.59 Å². The van der Waals surface area contributed by atoms with E-state index in [0.29, 0.717) is 18.0 Å². The molecule has 2 aromatic carbocycles. The molecule has 0 heterocycles. The topological polar surface area (TPSA) is 83.0 Å². The van der Waals surface area contributed by atoms with E-state index >= 15 is 0 Å². The molecular formula is C19H19N3O3. The number of ketones is 1. The molecular weight excluding hydrogens is 318 g/mol. The molecule has 0 N–H and O–H groups in total. The SMILES string of the molecule is CCOc1ccc(N(Cc2ccccc2)C(=O)C(=[N+]=[N-])C(C)=O)cc1. The van der Waals surface area contributed by atoms with Gasteiger partial charge in [-0.05, 0) is 36.8 Å². The van der Waals surface area contributed by atoms with E-state index in [1.165, 1.54) is 11.8 Å². The molecule has 2 rings (SSSR count). The van der Waals surface area contributed by atoms with Crippen LogP contribution in [0.1, 0.15) is 19.4 Å². The molecule has 0 aliphatic heterocycles. The molecule has 6 nitrogen and oxygen atoms in total. The third-order valence-electron chi connectivity index (χ3n) is 3.52. The summed E-state index contributed by atoms with van der Waals surface area (Å²) in [6, 6.07) is 16.3. The Bertz CT molecular complexity index is 794. The van der Waals surface area contributed by atoms with Crippen molar-refractivity contribution in [3.05, 3.63) is 65.7 Å². The summed E-state index contributed by atoms with van der Waals surface area (Å²) in [7, 11) is 0. The number of hydrogen-bond acceptors (Lipinski definition) is 3. The van der Waals surface area contributed by atoms with E-state index in [0.717, 1.165) is 5.56 Å².